The van der Waals surface area contributed by atoms with Gasteiger partial charge in [0.2, 0.25) is 0 Å². The van der Waals surface area contributed by atoms with E-state index in [4.69, 9.17) is 18.0 Å². The van der Waals surface area contributed by atoms with Gasteiger partial charge in [0, 0.05) is 24.6 Å². The Balaban J connectivity index is 2.33. The quantitative estimate of drug-likeness (QED) is 0.862. The van der Waals surface area contributed by atoms with Gasteiger partial charge in [-0.05, 0) is 36.4 Å². The first-order valence-corrected chi connectivity index (χ1v) is 5.74. The number of aromatic nitrogens is 1. The van der Waals surface area contributed by atoms with Crippen LogP contribution < -0.4 is 10.6 Å². The summed E-state index contributed by atoms with van der Waals surface area (Å²) in [5, 5.41) is 0. The molecule has 3 nitrogen and oxygen atoms in total. The fourth-order valence-corrected chi connectivity index (χ4v) is 1.69. The molecule has 2 N–H and O–H groups in total. The molecule has 0 amide bonds. The minimum Gasteiger partial charge on any atom is -0.388 e. The molecule has 0 aliphatic heterocycles. The summed E-state index contributed by atoms with van der Waals surface area (Å²) in [4.78, 5) is 6.24. The Bertz CT molecular complexity index is 569. The molecule has 0 atom stereocenters. The summed E-state index contributed by atoms with van der Waals surface area (Å²) in [7, 11) is 1.88. The fraction of sp³-hybridized carbons (Fsp3) is 0.0769. The number of pyridine rings is 1. The SMILES string of the molecule is CN(c1ccc(F)cc1)c1ccnc(C(N)=S)c1. The van der Waals surface area contributed by atoms with E-state index < -0.39 is 0 Å². The molecule has 1 heterocycles. The second-order valence-corrected chi connectivity index (χ2v) is 4.24. The maximum atomic E-state index is 12.9. The first kappa shape index (κ1) is 12.4. The number of nitrogens with zero attached hydrogens (tertiary/aromatic N) is 2. The van der Waals surface area contributed by atoms with Gasteiger partial charge in [-0.2, -0.15) is 0 Å². The summed E-state index contributed by atoms with van der Waals surface area (Å²) in [6, 6.07) is 9.88. The predicted molar refractivity (Wildman–Crippen MR) is 74.6 cm³/mol. The number of halogens is 1. The first-order chi connectivity index (χ1) is 8.58. The first-order valence-electron chi connectivity index (χ1n) is 5.33. The molecule has 0 unspecified atom stereocenters. The number of rotatable bonds is 3. The van der Waals surface area contributed by atoms with E-state index in [1.54, 1.807) is 24.4 Å². The zero-order chi connectivity index (χ0) is 13.1. The van der Waals surface area contributed by atoms with Crippen LogP contribution in [0.1, 0.15) is 5.69 Å². The zero-order valence-corrected chi connectivity index (χ0v) is 10.6. The third-order valence-corrected chi connectivity index (χ3v) is 2.81. The van der Waals surface area contributed by atoms with Crippen molar-refractivity contribution >= 4 is 28.6 Å². The van der Waals surface area contributed by atoms with Gasteiger partial charge in [-0.3, -0.25) is 4.98 Å². The van der Waals surface area contributed by atoms with Crippen LogP contribution in [-0.2, 0) is 0 Å². The van der Waals surface area contributed by atoms with E-state index in [1.165, 1.54) is 12.1 Å². The average Bonchev–Trinajstić information content (AvgIpc) is 2.39. The largest absolute Gasteiger partial charge is 0.388 e. The van der Waals surface area contributed by atoms with E-state index in [0.29, 0.717) is 5.69 Å². The Labute approximate surface area is 110 Å². The van der Waals surface area contributed by atoms with E-state index >= 15 is 0 Å². The summed E-state index contributed by atoms with van der Waals surface area (Å²) < 4.78 is 12.9. The third-order valence-electron chi connectivity index (χ3n) is 2.60. The summed E-state index contributed by atoms with van der Waals surface area (Å²) in [5.74, 6) is -0.259. The lowest BCUT2D eigenvalue weighted by molar-refractivity contribution is 0.628. The van der Waals surface area contributed by atoms with Gasteiger partial charge in [0.15, 0.2) is 0 Å². The van der Waals surface area contributed by atoms with Crippen LogP contribution in [0.4, 0.5) is 15.8 Å². The van der Waals surface area contributed by atoms with Crippen molar-refractivity contribution in [2.75, 3.05) is 11.9 Å². The van der Waals surface area contributed by atoms with E-state index in [-0.39, 0.29) is 10.8 Å². The highest BCUT2D eigenvalue weighted by molar-refractivity contribution is 7.80. The number of hydrogen-bond acceptors (Lipinski definition) is 3. The Hall–Kier alpha value is -2.01. The normalized spacial score (nSPS) is 10.1. The molecule has 2 aromatic rings. The zero-order valence-electron chi connectivity index (χ0n) is 9.80. The van der Waals surface area contributed by atoms with Gasteiger partial charge < -0.3 is 10.6 Å². The third kappa shape index (κ3) is 2.62. The smallest absolute Gasteiger partial charge is 0.123 e. The van der Waals surface area contributed by atoms with Gasteiger partial charge in [0.1, 0.15) is 10.8 Å². The Kier molecular flexibility index (Phi) is 3.53. The van der Waals surface area contributed by atoms with Crippen molar-refractivity contribution in [1.29, 1.82) is 0 Å². The molecule has 1 aromatic heterocycles. The predicted octanol–water partition coefficient (Wildman–Crippen LogP) is 2.62. The van der Waals surface area contributed by atoms with Gasteiger partial charge in [-0.25, -0.2) is 4.39 Å². The van der Waals surface area contributed by atoms with Crippen molar-refractivity contribution in [3.63, 3.8) is 0 Å². The molecule has 0 spiro atoms. The van der Waals surface area contributed by atoms with Gasteiger partial charge in [-0.15, -0.1) is 0 Å². The molecule has 0 radical (unpaired) electrons. The molecule has 1 aromatic carbocycles. The Morgan fingerprint density at radius 1 is 1.22 bits per heavy atom. The van der Waals surface area contributed by atoms with Crippen LogP contribution in [0.15, 0.2) is 42.6 Å². The maximum Gasteiger partial charge on any atom is 0.123 e. The molecular formula is C13H12FN3S. The van der Waals surface area contributed by atoms with Crippen molar-refractivity contribution in [1.82, 2.24) is 4.98 Å². The molecule has 0 aliphatic carbocycles. The maximum absolute atomic E-state index is 12.9. The molecule has 0 saturated carbocycles. The van der Waals surface area contributed by atoms with Crippen LogP contribution in [0.3, 0.4) is 0 Å². The van der Waals surface area contributed by atoms with Crippen LogP contribution in [-0.4, -0.2) is 17.0 Å². The lowest BCUT2D eigenvalue weighted by Gasteiger charge is -2.19. The number of anilines is 2. The van der Waals surface area contributed by atoms with Gasteiger partial charge in [-0.1, -0.05) is 12.2 Å². The topological polar surface area (TPSA) is 42.2 Å². The molecule has 0 fully saturated rings. The second kappa shape index (κ2) is 5.10. The number of nitrogens with two attached hydrogens (primary N) is 1. The monoisotopic (exact) mass is 261 g/mol. The molecule has 5 heteroatoms. The Morgan fingerprint density at radius 3 is 2.50 bits per heavy atom. The van der Waals surface area contributed by atoms with E-state index in [9.17, 15) is 4.39 Å². The summed E-state index contributed by atoms with van der Waals surface area (Å²) in [5.41, 5.74) is 7.87. The van der Waals surface area contributed by atoms with E-state index in [2.05, 4.69) is 4.98 Å². The number of benzene rings is 1. The molecule has 0 aliphatic rings. The van der Waals surface area contributed by atoms with Gasteiger partial charge in [0.05, 0.1) is 5.69 Å². The molecule has 2 rings (SSSR count). The molecule has 18 heavy (non-hydrogen) atoms. The van der Waals surface area contributed by atoms with Crippen molar-refractivity contribution < 1.29 is 4.39 Å². The van der Waals surface area contributed by atoms with Crippen molar-refractivity contribution in [2.45, 2.75) is 0 Å². The van der Waals surface area contributed by atoms with Crippen molar-refractivity contribution in [3.05, 3.63) is 54.1 Å². The minimum atomic E-state index is -0.259. The molecule has 92 valence electrons. The minimum absolute atomic E-state index is 0.254. The second-order valence-electron chi connectivity index (χ2n) is 3.80. The number of hydrogen-bond donors (Lipinski definition) is 1. The molecule has 0 saturated heterocycles. The highest BCUT2D eigenvalue weighted by atomic mass is 32.1. The van der Waals surface area contributed by atoms with Crippen LogP contribution >= 0.6 is 12.2 Å². The molecule has 0 bridgehead atoms. The van der Waals surface area contributed by atoms with Gasteiger partial charge in [0.25, 0.3) is 0 Å². The highest BCUT2D eigenvalue weighted by Gasteiger charge is 2.06. The summed E-state index contributed by atoms with van der Waals surface area (Å²) >= 11 is 4.89. The van der Waals surface area contributed by atoms with Crippen LogP contribution in [0.5, 0.6) is 0 Å². The van der Waals surface area contributed by atoms with Crippen molar-refractivity contribution in [2.24, 2.45) is 5.73 Å². The van der Waals surface area contributed by atoms with Crippen molar-refractivity contribution in [3.8, 4) is 0 Å². The average molecular weight is 261 g/mol. The molecular weight excluding hydrogens is 249 g/mol. The van der Waals surface area contributed by atoms with Crippen LogP contribution in [0.25, 0.3) is 0 Å². The Morgan fingerprint density at radius 2 is 1.89 bits per heavy atom. The van der Waals surface area contributed by atoms with E-state index in [0.717, 1.165) is 11.4 Å². The summed E-state index contributed by atoms with van der Waals surface area (Å²) in [6.07, 6.45) is 1.64. The van der Waals surface area contributed by atoms with E-state index in [1.807, 2.05) is 18.0 Å². The fourth-order valence-electron chi connectivity index (χ4n) is 1.58. The standard InChI is InChI=1S/C13H12FN3S/c1-17(10-4-2-9(14)3-5-10)11-6-7-16-12(8-11)13(15)18/h2-8H,1H3,(H2,15,18). The van der Waals surface area contributed by atoms with Gasteiger partial charge >= 0.3 is 0 Å². The van der Waals surface area contributed by atoms with Crippen LogP contribution in [0, 0.1) is 5.82 Å². The number of thiocarbonyl (C=S) groups is 1. The lowest BCUT2D eigenvalue weighted by atomic mass is 10.2. The lowest BCUT2D eigenvalue weighted by Crippen LogP contribution is -2.14. The summed E-state index contributed by atoms with van der Waals surface area (Å²) in [6.45, 7) is 0. The highest BCUT2D eigenvalue weighted by Crippen LogP contribution is 2.23. The van der Waals surface area contributed by atoms with Crippen LogP contribution in [0.2, 0.25) is 0 Å².